The maximum absolute atomic E-state index is 6.44. The number of aromatic amines is 1. The minimum Gasteiger partial charge on any atom is -0.323 e. The summed E-state index contributed by atoms with van der Waals surface area (Å²) in [5.41, 5.74) is 5.53. The number of para-hydroxylation sites is 1. The first-order valence-electron chi connectivity index (χ1n) is 9.27. The summed E-state index contributed by atoms with van der Waals surface area (Å²) in [5.74, 6) is 1.70. The van der Waals surface area contributed by atoms with Gasteiger partial charge in [0.05, 0.1) is 11.2 Å². The van der Waals surface area contributed by atoms with Crippen molar-refractivity contribution in [3.8, 4) is 11.3 Å². The van der Waals surface area contributed by atoms with Crippen LogP contribution in [0, 0.1) is 0 Å². The summed E-state index contributed by atoms with van der Waals surface area (Å²) in [6.45, 7) is 0. The Morgan fingerprint density at radius 1 is 0.929 bits per heavy atom. The minimum atomic E-state index is 0. The molecule has 4 aromatic rings. The van der Waals surface area contributed by atoms with Gasteiger partial charge in [-0.05, 0) is 61.1 Å². The van der Waals surface area contributed by atoms with Gasteiger partial charge in [-0.1, -0.05) is 41.9 Å². The molecule has 2 heterocycles. The van der Waals surface area contributed by atoms with Crippen LogP contribution in [0.1, 0.15) is 24.0 Å². The van der Waals surface area contributed by atoms with Gasteiger partial charge in [0.1, 0.15) is 5.82 Å². The molecule has 5 rings (SSSR count). The molecule has 0 spiro atoms. The molecule has 1 aliphatic rings. The number of hydrogen-bond donors (Lipinski definition) is 2. The van der Waals surface area contributed by atoms with Gasteiger partial charge in [-0.3, -0.25) is 5.10 Å². The van der Waals surface area contributed by atoms with E-state index in [1.165, 1.54) is 24.0 Å². The van der Waals surface area contributed by atoms with Crippen molar-refractivity contribution in [2.24, 2.45) is 0 Å². The van der Waals surface area contributed by atoms with E-state index in [-0.39, 0.29) is 18.6 Å². The Kier molecular flexibility index (Phi) is 5.45. The van der Waals surface area contributed by atoms with Gasteiger partial charge in [-0.25, -0.2) is 4.98 Å². The fourth-order valence-corrected chi connectivity index (χ4v) is 4.06. The molecule has 139 valence electrons. The van der Waals surface area contributed by atoms with Gasteiger partial charge in [0.15, 0.2) is 5.82 Å². The molecule has 0 saturated heterocycles. The number of aromatic nitrogens is 3. The molecule has 4 nitrogen and oxygen atoms in total. The monoisotopic (exact) mass is 425 g/mol. The number of benzene rings is 2. The largest absolute Gasteiger partial charge is 0.323 e. The van der Waals surface area contributed by atoms with Gasteiger partial charge in [0.25, 0.3) is 0 Å². The average molecular weight is 426 g/mol. The van der Waals surface area contributed by atoms with Crippen LogP contribution < -0.4 is 5.32 Å². The van der Waals surface area contributed by atoms with Gasteiger partial charge in [0.2, 0.25) is 0 Å². The molecule has 0 saturated carbocycles. The maximum atomic E-state index is 6.44. The summed E-state index contributed by atoms with van der Waals surface area (Å²) in [7, 11) is 0. The van der Waals surface area contributed by atoms with E-state index in [1.807, 2.05) is 42.5 Å². The molecule has 28 heavy (non-hydrogen) atoms. The number of halogens is 1. The van der Waals surface area contributed by atoms with E-state index in [0.717, 1.165) is 51.7 Å². The molecule has 0 amide bonds. The van der Waals surface area contributed by atoms with E-state index in [1.54, 1.807) is 0 Å². The first kappa shape index (κ1) is 19.1. The number of fused-ring (bicyclic) bond motifs is 2. The van der Waals surface area contributed by atoms with Crippen LogP contribution in [-0.2, 0) is 31.4 Å². The minimum absolute atomic E-state index is 0. The Labute approximate surface area is 180 Å². The third-order valence-corrected chi connectivity index (χ3v) is 5.53. The van der Waals surface area contributed by atoms with Crippen molar-refractivity contribution in [3.63, 3.8) is 0 Å². The molecule has 0 fully saturated rings. The van der Waals surface area contributed by atoms with E-state index in [2.05, 4.69) is 27.6 Å². The Balaban J connectivity index is 0.00000192. The van der Waals surface area contributed by atoms with Crippen LogP contribution >= 0.6 is 11.6 Å². The first-order valence-corrected chi connectivity index (χ1v) is 9.65. The Bertz CT molecular complexity index is 1140. The topological polar surface area (TPSA) is 53.6 Å². The second-order valence-electron chi connectivity index (χ2n) is 6.92. The number of anilines is 2. The summed E-state index contributed by atoms with van der Waals surface area (Å²) in [6, 6.07) is 18.2. The fourth-order valence-electron chi connectivity index (χ4n) is 3.82. The molecular formula is C22H19ClN4V. The Morgan fingerprint density at radius 2 is 1.71 bits per heavy atom. The van der Waals surface area contributed by atoms with Crippen molar-refractivity contribution in [3.05, 3.63) is 70.7 Å². The maximum Gasteiger partial charge on any atom is 0.161 e. The van der Waals surface area contributed by atoms with E-state index in [0.29, 0.717) is 0 Å². The Hall–Kier alpha value is -2.27. The predicted molar refractivity (Wildman–Crippen MR) is 111 cm³/mol. The van der Waals surface area contributed by atoms with Gasteiger partial charge < -0.3 is 5.32 Å². The number of pyridine rings is 1. The molecular weight excluding hydrogens is 407 g/mol. The van der Waals surface area contributed by atoms with E-state index >= 15 is 0 Å². The van der Waals surface area contributed by atoms with Crippen molar-refractivity contribution in [2.45, 2.75) is 25.7 Å². The molecule has 0 bridgehead atoms. The van der Waals surface area contributed by atoms with Crippen LogP contribution in [0.3, 0.4) is 0 Å². The second kappa shape index (κ2) is 8.00. The van der Waals surface area contributed by atoms with Gasteiger partial charge >= 0.3 is 0 Å². The zero-order valence-corrected chi connectivity index (χ0v) is 17.4. The van der Waals surface area contributed by atoms with Crippen LogP contribution in [0.15, 0.2) is 54.6 Å². The van der Waals surface area contributed by atoms with Crippen molar-refractivity contribution in [2.75, 3.05) is 5.32 Å². The molecule has 0 unspecified atom stereocenters. The molecule has 2 aromatic heterocycles. The van der Waals surface area contributed by atoms with Crippen molar-refractivity contribution >= 4 is 34.1 Å². The van der Waals surface area contributed by atoms with Crippen LogP contribution in [0.25, 0.3) is 22.2 Å². The summed E-state index contributed by atoms with van der Waals surface area (Å²) >= 11 is 6.44. The molecule has 6 heteroatoms. The van der Waals surface area contributed by atoms with Gasteiger partial charge in [-0.2, -0.15) is 5.10 Å². The van der Waals surface area contributed by atoms with Crippen molar-refractivity contribution < 1.29 is 18.6 Å². The Morgan fingerprint density at radius 3 is 2.61 bits per heavy atom. The quantitative estimate of drug-likeness (QED) is 0.430. The third-order valence-electron chi connectivity index (χ3n) is 5.20. The molecule has 1 aliphatic carbocycles. The van der Waals surface area contributed by atoms with Crippen LogP contribution in [0.4, 0.5) is 11.6 Å². The SMILES string of the molecule is Clc1ccccc1-c1cc2c(c(Nc3n[nH]c4ccccc34)n1)CCCC2.[V]. The number of hydrogen-bond acceptors (Lipinski definition) is 3. The second-order valence-corrected chi connectivity index (χ2v) is 7.33. The van der Waals surface area contributed by atoms with Gasteiger partial charge in [-0.15, -0.1) is 0 Å². The molecule has 0 aliphatic heterocycles. The summed E-state index contributed by atoms with van der Waals surface area (Å²) in [5, 5.41) is 12.8. The molecule has 0 atom stereocenters. The smallest absolute Gasteiger partial charge is 0.161 e. The van der Waals surface area contributed by atoms with E-state index < -0.39 is 0 Å². The number of nitrogens with one attached hydrogen (secondary N) is 2. The zero-order chi connectivity index (χ0) is 18.2. The number of rotatable bonds is 3. The molecule has 1 radical (unpaired) electrons. The van der Waals surface area contributed by atoms with Crippen LogP contribution in [-0.4, -0.2) is 15.2 Å². The van der Waals surface area contributed by atoms with E-state index in [4.69, 9.17) is 16.6 Å². The summed E-state index contributed by atoms with van der Waals surface area (Å²) in [4.78, 5) is 4.95. The predicted octanol–water partition coefficient (Wildman–Crippen LogP) is 5.90. The summed E-state index contributed by atoms with van der Waals surface area (Å²) in [6.07, 6.45) is 4.51. The summed E-state index contributed by atoms with van der Waals surface area (Å²) < 4.78 is 0. The number of H-pyrrole nitrogens is 1. The number of aryl methyl sites for hydroxylation is 1. The normalized spacial score (nSPS) is 13.0. The van der Waals surface area contributed by atoms with Crippen molar-refractivity contribution in [1.29, 1.82) is 0 Å². The first-order chi connectivity index (χ1) is 13.3. The van der Waals surface area contributed by atoms with Crippen LogP contribution in [0.2, 0.25) is 5.02 Å². The number of nitrogens with zero attached hydrogens (tertiary/aromatic N) is 2. The van der Waals surface area contributed by atoms with Crippen LogP contribution in [0.5, 0.6) is 0 Å². The standard InChI is InChI=1S/C22H19ClN4.V/c23-18-11-5-3-9-16(18)20-13-14-7-1-2-8-15(14)21(24-20)25-22-17-10-4-6-12-19(17)26-27-22;/h3-6,9-13H,1-2,7-8H2,(H2,24,25,26,27);. The van der Waals surface area contributed by atoms with Gasteiger partial charge in [0, 0.05) is 34.5 Å². The van der Waals surface area contributed by atoms with Crippen molar-refractivity contribution in [1.82, 2.24) is 15.2 Å². The molecule has 2 aromatic carbocycles. The zero-order valence-electron chi connectivity index (χ0n) is 15.2. The fraction of sp³-hybridized carbons (Fsp3) is 0.182. The third kappa shape index (κ3) is 3.44. The van der Waals surface area contributed by atoms with E-state index in [9.17, 15) is 0 Å². The molecule has 2 N–H and O–H groups in total. The average Bonchev–Trinajstić information content (AvgIpc) is 3.11.